The van der Waals surface area contributed by atoms with Gasteiger partial charge in [-0.3, -0.25) is 0 Å². The van der Waals surface area contributed by atoms with Gasteiger partial charge in [-0.1, -0.05) is 22.9 Å². The van der Waals surface area contributed by atoms with Crippen molar-refractivity contribution < 1.29 is 9.47 Å². The Balaban J connectivity index is 3.16. The summed E-state index contributed by atoms with van der Waals surface area (Å²) in [6.07, 6.45) is 3.99. The van der Waals surface area contributed by atoms with Gasteiger partial charge in [-0.25, -0.2) is 0 Å². The Hall–Kier alpha value is -0.740. The second-order valence-electron chi connectivity index (χ2n) is 4.16. The number of rotatable bonds is 7. The number of ether oxygens (including phenoxy) is 2. The summed E-state index contributed by atoms with van der Waals surface area (Å²) in [5.74, 6) is 1.64. The average molecular weight is 316 g/mol. The van der Waals surface area contributed by atoms with Gasteiger partial charge in [-0.05, 0) is 43.9 Å². The molecule has 1 rings (SSSR count). The highest BCUT2D eigenvalue weighted by Gasteiger charge is 2.16. The molecule has 0 unspecified atom stereocenters. The molecule has 0 heterocycles. The molecule has 1 aromatic carbocycles. The van der Waals surface area contributed by atoms with Gasteiger partial charge in [0.25, 0.3) is 0 Å². The SMILES string of the molecule is CCc1cc(OC)c(OC)c(CCCCN)c1Br. The van der Waals surface area contributed by atoms with E-state index in [0.717, 1.165) is 48.2 Å². The molecule has 2 N–H and O–H groups in total. The van der Waals surface area contributed by atoms with E-state index < -0.39 is 0 Å². The molecule has 1 aromatic rings. The third-order valence-corrected chi connectivity index (χ3v) is 4.02. The van der Waals surface area contributed by atoms with Crippen LogP contribution in [-0.2, 0) is 12.8 Å². The Morgan fingerprint density at radius 2 is 1.94 bits per heavy atom. The molecule has 3 nitrogen and oxygen atoms in total. The highest BCUT2D eigenvalue weighted by atomic mass is 79.9. The lowest BCUT2D eigenvalue weighted by Gasteiger charge is -2.17. The van der Waals surface area contributed by atoms with Crippen LogP contribution in [0, 0.1) is 0 Å². The molecule has 0 saturated carbocycles. The summed E-state index contributed by atoms with van der Waals surface area (Å²) in [5, 5.41) is 0. The zero-order valence-electron chi connectivity index (χ0n) is 11.4. The Morgan fingerprint density at radius 3 is 2.44 bits per heavy atom. The minimum atomic E-state index is 0.727. The van der Waals surface area contributed by atoms with Crippen molar-refractivity contribution in [2.24, 2.45) is 5.73 Å². The van der Waals surface area contributed by atoms with E-state index in [9.17, 15) is 0 Å². The lowest BCUT2D eigenvalue weighted by Crippen LogP contribution is -2.03. The fraction of sp³-hybridized carbons (Fsp3) is 0.571. The van der Waals surface area contributed by atoms with Crippen molar-refractivity contribution in [3.8, 4) is 11.5 Å². The van der Waals surface area contributed by atoms with Gasteiger partial charge in [0.05, 0.1) is 14.2 Å². The summed E-state index contributed by atoms with van der Waals surface area (Å²) < 4.78 is 12.0. The molecule has 0 aliphatic rings. The molecule has 0 aliphatic carbocycles. The number of aryl methyl sites for hydroxylation is 1. The first-order chi connectivity index (χ1) is 8.69. The Labute approximate surface area is 118 Å². The number of benzene rings is 1. The quantitative estimate of drug-likeness (QED) is 0.785. The number of hydrogen-bond donors (Lipinski definition) is 1. The van der Waals surface area contributed by atoms with Crippen LogP contribution in [0.15, 0.2) is 10.5 Å². The van der Waals surface area contributed by atoms with E-state index in [1.165, 1.54) is 11.1 Å². The second-order valence-corrected chi connectivity index (χ2v) is 4.96. The van der Waals surface area contributed by atoms with Gasteiger partial charge in [-0.15, -0.1) is 0 Å². The summed E-state index contributed by atoms with van der Waals surface area (Å²) in [5.41, 5.74) is 7.97. The number of hydrogen-bond acceptors (Lipinski definition) is 3. The summed E-state index contributed by atoms with van der Waals surface area (Å²) in [4.78, 5) is 0. The van der Waals surface area contributed by atoms with Gasteiger partial charge in [0.2, 0.25) is 0 Å². The predicted octanol–water partition coefficient (Wildman–Crippen LogP) is 3.31. The monoisotopic (exact) mass is 315 g/mol. The Kier molecular flexibility index (Phi) is 6.50. The van der Waals surface area contributed by atoms with Crippen LogP contribution < -0.4 is 15.2 Å². The molecule has 0 aliphatic heterocycles. The van der Waals surface area contributed by atoms with E-state index in [0.29, 0.717) is 0 Å². The van der Waals surface area contributed by atoms with E-state index in [2.05, 4.69) is 22.9 Å². The average Bonchev–Trinajstić information content (AvgIpc) is 2.40. The van der Waals surface area contributed by atoms with Gasteiger partial charge < -0.3 is 15.2 Å². The van der Waals surface area contributed by atoms with E-state index in [1.54, 1.807) is 14.2 Å². The number of unbranched alkanes of at least 4 members (excludes halogenated alkanes) is 1. The van der Waals surface area contributed by atoms with Crippen LogP contribution in [0.3, 0.4) is 0 Å². The van der Waals surface area contributed by atoms with E-state index >= 15 is 0 Å². The van der Waals surface area contributed by atoms with Crippen molar-refractivity contribution in [1.29, 1.82) is 0 Å². The predicted molar refractivity (Wildman–Crippen MR) is 78.6 cm³/mol. The molecule has 0 atom stereocenters. The zero-order chi connectivity index (χ0) is 13.5. The molecule has 0 bridgehead atoms. The van der Waals surface area contributed by atoms with Crippen LogP contribution in [0.1, 0.15) is 30.9 Å². The Bertz CT molecular complexity index is 394. The van der Waals surface area contributed by atoms with Crippen LogP contribution >= 0.6 is 15.9 Å². The smallest absolute Gasteiger partial charge is 0.165 e. The molecule has 0 saturated heterocycles. The van der Waals surface area contributed by atoms with Crippen molar-refractivity contribution in [3.05, 3.63) is 21.7 Å². The molecule has 0 amide bonds. The van der Waals surface area contributed by atoms with Crippen LogP contribution in [0.5, 0.6) is 11.5 Å². The number of halogens is 1. The highest BCUT2D eigenvalue weighted by Crippen LogP contribution is 2.39. The van der Waals surface area contributed by atoms with Gasteiger partial charge in [0.1, 0.15) is 0 Å². The molecule has 4 heteroatoms. The van der Waals surface area contributed by atoms with E-state index in [4.69, 9.17) is 15.2 Å². The third kappa shape index (κ3) is 3.39. The maximum absolute atomic E-state index is 5.55. The van der Waals surface area contributed by atoms with Gasteiger partial charge in [0, 0.05) is 10.0 Å². The standard InChI is InChI=1S/C14H22BrNO2/c1-4-10-9-12(17-2)14(18-3)11(13(10)15)7-5-6-8-16/h9H,4-8,16H2,1-3H3. The topological polar surface area (TPSA) is 44.5 Å². The Morgan fingerprint density at radius 1 is 1.22 bits per heavy atom. The molecule has 18 heavy (non-hydrogen) atoms. The van der Waals surface area contributed by atoms with Crippen molar-refractivity contribution >= 4 is 15.9 Å². The summed E-state index contributed by atoms with van der Waals surface area (Å²) >= 11 is 3.68. The van der Waals surface area contributed by atoms with Gasteiger partial charge in [-0.2, -0.15) is 0 Å². The normalized spacial score (nSPS) is 10.5. The highest BCUT2D eigenvalue weighted by molar-refractivity contribution is 9.10. The van der Waals surface area contributed by atoms with E-state index in [1.807, 2.05) is 6.07 Å². The van der Waals surface area contributed by atoms with E-state index in [-0.39, 0.29) is 0 Å². The largest absolute Gasteiger partial charge is 0.493 e. The molecule has 0 radical (unpaired) electrons. The minimum absolute atomic E-state index is 0.727. The molecular weight excluding hydrogens is 294 g/mol. The van der Waals surface area contributed by atoms with Crippen molar-refractivity contribution in [1.82, 2.24) is 0 Å². The third-order valence-electron chi connectivity index (χ3n) is 3.04. The minimum Gasteiger partial charge on any atom is -0.493 e. The lowest BCUT2D eigenvalue weighted by molar-refractivity contribution is 0.350. The second kappa shape index (κ2) is 7.64. The fourth-order valence-corrected chi connectivity index (χ4v) is 2.80. The number of methoxy groups -OCH3 is 2. The summed E-state index contributed by atoms with van der Waals surface area (Å²) in [6, 6.07) is 2.04. The van der Waals surface area contributed by atoms with Crippen LogP contribution in [0.25, 0.3) is 0 Å². The van der Waals surface area contributed by atoms with Gasteiger partial charge in [0.15, 0.2) is 11.5 Å². The van der Waals surface area contributed by atoms with Crippen molar-refractivity contribution in [2.45, 2.75) is 32.6 Å². The molecule has 102 valence electrons. The summed E-state index contributed by atoms with van der Waals surface area (Å²) in [7, 11) is 3.36. The maximum atomic E-state index is 5.55. The summed E-state index contributed by atoms with van der Waals surface area (Å²) in [6.45, 7) is 2.86. The lowest BCUT2D eigenvalue weighted by atomic mass is 10.0. The zero-order valence-corrected chi connectivity index (χ0v) is 13.0. The maximum Gasteiger partial charge on any atom is 0.165 e. The molecular formula is C14H22BrNO2. The van der Waals surface area contributed by atoms with Crippen molar-refractivity contribution in [3.63, 3.8) is 0 Å². The first-order valence-electron chi connectivity index (χ1n) is 6.31. The molecule has 0 spiro atoms. The molecule has 0 fully saturated rings. The van der Waals surface area contributed by atoms with Crippen LogP contribution in [-0.4, -0.2) is 20.8 Å². The van der Waals surface area contributed by atoms with Gasteiger partial charge >= 0.3 is 0 Å². The fourth-order valence-electron chi connectivity index (χ4n) is 2.03. The van der Waals surface area contributed by atoms with Crippen LogP contribution in [0.4, 0.5) is 0 Å². The molecule has 0 aromatic heterocycles. The van der Waals surface area contributed by atoms with Crippen LogP contribution in [0.2, 0.25) is 0 Å². The number of nitrogens with two attached hydrogens (primary N) is 1. The first kappa shape index (κ1) is 15.3. The van der Waals surface area contributed by atoms with Crippen molar-refractivity contribution in [2.75, 3.05) is 20.8 Å². The first-order valence-corrected chi connectivity index (χ1v) is 7.11.